The number of sulfonamides is 1. The third-order valence-corrected chi connectivity index (χ3v) is 7.34. The molecule has 0 saturated carbocycles. The van der Waals surface area contributed by atoms with Gasteiger partial charge in [0.25, 0.3) is 0 Å². The highest BCUT2D eigenvalue weighted by Gasteiger charge is 2.32. The van der Waals surface area contributed by atoms with Crippen molar-refractivity contribution in [1.82, 2.24) is 4.31 Å². The number of para-hydroxylation sites is 2. The summed E-state index contributed by atoms with van der Waals surface area (Å²) in [6, 6.07) is 13.1. The van der Waals surface area contributed by atoms with Gasteiger partial charge in [-0.05, 0) is 50.2 Å². The zero-order chi connectivity index (χ0) is 23.6. The second-order valence-corrected chi connectivity index (χ2v) is 10.1. The Kier molecular flexibility index (Phi) is 6.68. The number of hydrogen-bond donors (Lipinski definition) is 1. The van der Waals surface area contributed by atoms with E-state index in [2.05, 4.69) is 5.32 Å². The molecule has 176 valence electrons. The van der Waals surface area contributed by atoms with Crippen LogP contribution in [-0.2, 0) is 24.3 Å². The van der Waals surface area contributed by atoms with Crippen molar-refractivity contribution < 1.29 is 27.5 Å². The number of amides is 2. The number of ether oxygens (including phenoxy) is 2. The van der Waals surface area contributed by atoms with Crippen LogP contribution in [0, 0.1) is 0 Å². The number of morpholine rings is 1. The van der Waals surface area contributed by atoms with Gasteiger partial charge in [-0.3, -0.25) is 14.5 Å². The fraction of sp³-hybridized carbons (Fsp3) is 0.391. The molecule has 33 heavy (non-hydrogen) atoms. The Labute approximate surface area is 193 Å². The van der Waals surface area contributed by atoms with Crippen molar-refractivity contribution in [2.45, 2.75) is 37.4 Å². The molecule has 2 heterocycles. The van der Waals surface area contributed by atoms with Crippen LogP contribution >= 0.6 is 0 Å². The van der Waals surface area contributed by atoms with Crippen molar-refractivity contribution in [2.75, 3.05) is 36.5 Å². The van der Waals surface area contributed by atoms with Gasteiger partial charge in [0.15, 0.2) is 0 Å². The van der Waals surface area contributed by atoms with E-state index in [4.69, 9.17) is 9.47 Å². The van der Waals surface area contributed by atoms with Gasteiger partial charge in [-0.2, -0.15) is 4.31 Å². The number of nitrogens with zero attached hydrogens (tertiary/aromatic N) is 2. The summed E-state index contributed by atoms with van der Waals surface area (Å²) in [5, 5.41) is 2.73. The predicted molar refractivity (Wildman–Crippen MR) is 123 cm³/mol. The smallest absolute Gasteiger partial charge is 0.244 e. The molecule has 0 radical (unpaired) electrons. The number of carbonyl (C=O) groups excluding carboxylic acids is 2. The van der Waals surface area contributed by atoms with Crippen LogP contribution in [-0.4, -0.2) is 63.0 Å². The van der Waals surface area contributed by atoms with Crippen LogP contribution in [0.15, 0.2) is 53.4 Å². The number of carbonyl (C=O) groups is 2. The molecule has 2 aromatic carbocycles. The number of hydrogen-bond acceptors (Lipinski definition) is 6. The summed E-state index contributed by atoms with van der Waals surface area (Å²) >= 11 is 0. The van der Waals surface area contributed by atoms with Crippen LogP contribution in [0.1, 0.15) is 20.3 Å². The average molecular weight is 474 g/mol. The quantitative estimate of drug-likeness (QED) is 0.714. The molecule has 0 aromatic heterocycles. The van der Waals surface area contributed by atoms with E-state index in [1.165, 1.54) is 21.3 Å². The lowest BCUT2D eigenvalue weighted by Gasteiger charge is -2.34. The van der Waals surface area contributed by atoms with E-state index in [1.54, 1.807) is 36.4 Å². The van der Waals surface area contributed by atoms with Gasteiger partial charge in [0, 0.05) is 18.8 Å². The van der Waals surface area contributed by atoms with E-state index in [0.717, 1.165) is 0 Å². The van der Waals surface area contributed by atoms with E-state index in [0.29, 0.717) is 30.2 Å². The van der Waals surface area contributed by atoms with Crippen LogP contribution in [0.4, 0.5) is 11.4 Å². The fourth-order valence-corrected chi connectivity index (χ4v) is 5.61. The van der Waals surface area contributed by atoms with Gasteiger partial charge in [-0.25, -0.2) is 8.42 Å². The SMILES string of the molecule is C[C@@H]1CN(S(=O)(=O)c2ccc(NC(=O)CN3C(=O)CCOc4ccccc43)cc2)C[C@H](C)O1. The standard InChI is InChI=1S/C23H27N3O6S/c1-16-13-25(14-17(2)32-16)33(29,30)19-9-7-18(8-10-19)24-22(27)15-26-20-5-3-4-6-21(20)31-12-11-23(26)28/h3-10,16-17H,11-15H2,1-2H3,(H,24,27)/t16-,17+. The zero-order valence-electron chi connectivity index (χ0n) is 18.6. The maximum Gasteiger partial charge on any atom is 0.244 e. The molecule has 1 N–H and O–H groups in total. The Morgan fingerprint density at radius 3 is 2.42 bits per heavy atom. The van der Waals surface area contributed by atoms with Gasteiger partial charge in [-0.15, -0.1) is 0 Å². The number of fused-ring (bicyclic) bond motifs is 1. The topological polar surface area (TPSA) is 105 Å². The lowest BCUT2D eigenvalue weighted by molar-refractivity contribution is -0.121. The second-order valence-electron chi connectivity index (χ2n) is 8.20. The summed E-state index contributed by atoms with van der Waals surface area (Å²) in [6.45, 7) is 4.35. The number of rotatable bonds is 5. The van der Waals surface area contributed by atoms with Gasteiger partial charge in [0.05, 0.1) is 35.8 Å². The molecule has 1 saturated heterocycles. The highest BCUT2D eigenvalue weighted by Crippen LogP contribution is 2.31. The minimum atomic E-state index is -3.67. The molecule has 4 rings (SSSR count). The molecule has 0 bridgehead atoms. The van der Waals surface area contributed by atoms with E-state index in [1.807, 2.05) is 13.8 Å². The first-order valence-electron chi connectivity index (χ1n) is 10.8. The van der Waals surface area contributed by atoms with Crippen LogP contribution in [0.3, 0.4) is 0 Å². The minimum Gasteiger partial charge on any atom is -0.491 e. The lowest BCUT2D eigenvalue weighted by Crippen LogP contribution is -2.48. The lowest BCUT2D eigenvalue weighted by atomic mass is 10.2. The molecule has 0 spiro atoms. The summed E-state index contributed by atoms with van der Waals surface area (Å²) in [6.07, 6.45) is -0.188. The molecule has 2 amide bonds. The Bertz CT molecular complexity index is 1130. The molecule has 0 unspecified atom stereocenters. The monoisotopic (exact) mass is 473 g/mol. The molecule has 2 aliphatic rings. The molecule has 9 nitrogen and oxygen atoms in total. The second kappa shape index (κ2) is 9.50. The molecular formula is C23H27N3O6S. The first-order chi connectivity index (χ1) is 15.7. The van der Waals surface area contributed by atoms with E-state index < -0.39 is 15.9 Å². The summed E-state index contributed by atoms with van der Waals surface area (Å²) < 4.78 is 38.6. The maximum atomic E-state index is 13.0. The van der Waals surface area contributed by atoms with E-state index in [-0.39, 0.29) is 42.6 Å². The molecular weight excluding hydrogens is 446 g/mol. The van der Waals surface area contributed by atoms with Gasteiger partial charge >= 0.3 is 0 Å². The van der Waals surface area contributed by atoms with Crippen LogP contribution < -0.4 is 15.0 Å². The minimum absolute atomic E-state index is 0.149. The number of nitrogens with one attached hydrogen (secondary N) is 1. The van der Waals surface area contributed by atoms with Gasteiger partial charge in [-0.1, -0.05) is 12.1 Å². The highest BCUT2D eigenvalue weighted by molar-refractivity contribution is 7.89. The molecule has 1 fully saturated rings. The summed E-state index contributed by atoms with van der Waals surface area (Å²) in [7, 11) is -3.67. The Morgan fingerprint density at radius 2 is 1.73 bits per heavy atom. The molecule has 10 heteroatoms. The molecule has 2 atom stereocenters. The zero-order valence-corrected chi connectivity index (χ0v) is 19.4. The Morgan fingerprint density at radius 1 is 1.06 bits per heavy atom. The van der Waals surface area contributed by atoms with Gasteiger partial charge < -0.3 is 14.8 Å². The van der Waals surface area contributed by atoms with Crippen LogP contribution in [0.25, 0.3) is 0 Å². The van der Waals surface area contributed by atoms with Crippen molar-refractivity contribution in [3.05, 3.63) is 48.5 Å². The van der Waals surface area contributed by atoms with E-state index >= 15 is 0 Å². The Balaban J connectivity index is 1.44. The third-order valence-electron chi connectivity index (χ3n) is 5.49. The summed E-state index contributed by atoms with van der Waals surface area (Å²) in [5.74, 6) is -0.0468. The predicted octanol–water partition coefficient (Wildman–Crippen LogP) is 2.24. The number of anilines is 2. The largest absolute Gasteiger partial charge is 0.491 e. The van der Waals surface area contributed by atoms with Crippen molar-refractivity contribution in [2.24, 2.45) is 0 Å². The van der Waals surface area contributed by atoms with Crippen molar-refractivity contribution >= 4 is 33.2 Å². The first kappa shape index (κ1) is 23.2. The van der Waals surface area contributed by atoms with Crippen LogP contribution in [0.5, 0.6) is 5.75 Å². The van der Waals surface area contributed by atoms with Crippen molar-refractivity contribution in [3.8, 4) is 5.75 Å². The summed E-state index contributed by atoms with van der Waals surface area (Å²) in [4.78, 5) is 26.7. The molecule has 2 aliphatic heterocycles. The van der Waals surface area contributed by atoms with Gasteiger partial charge in [0.1, 0.15) is 12.3 Å². The average Bonchev–Trinajstić information content (AvgIpc) is 2.92. The fourth-order valence-electron chi connectivity index (χ4n) is 4.02. The Hall–Kier alpha value is -2.95. The van der Waals surface area contributed by atoms with E-state index in [9.17, 15) is 18.0 Å². The van der Waals surface area contributed by atoms with Crippen molar-refractivity contribution in [3.63, 3.8) is 0 Å². The van der Waals surface area contributed by atoms with Gasteiger partial charge in [0.2, 0.25) is 21.8 Å². The molecule has 0 aliphatic carbocycles. The van der Waals surface area contributed by atoms with Crippen molar-refractivity contribution in [1.29, 1.82) is 0 Å². The number of benzene rings is 2. The molecule has 2 aromatic rings. The first-order valence-corrected chi connectivity index (χ1v) is 12.3. The highest BCUT2D eigenvalue weighted by atomic mass is 32.2. The third kappa shape index (κ3) is 5.18. The summed E-state index contributed by atoms with van der Waals surface area (Å²) in [5.41, 5.74) is 0.986. The maximum absolute atomic E-state index is 13.0. The van der Waals surface area contributed by atoms with Crippen LogP contribution in [0.2, 0.25) is 0 Å². The normalized spacial score (nSPS) is 21.6.